The van der Waals surface area contributed by atoms with E-state index in [0.717, 1.165) is 23.5 Å². The van der Waals surface area contributed by atoms with Gasteiger partial charge in [-0.2, -0.15) is 0 Å². The predicted molar refractivity (Wildman–Crippen MR) is 66.5 cm³/mol. The fourth-order valence-corrected chi connectivity index (χ4v) is 2.09. The Morgan fingerprint density at radius 1 is 1.69 bits per heavy atom. The molecule has 0 aliphatic carbocycles. The van der Waals surface area contributed by atoms with Gasteiger partial charge in [0.25, 0.3) is 0 Å². The van der Waals surface area contributed by atoms with Gasteiger partial charge in [0.1, 0.15) is 5.01 Å². The van der Waals surface area contributed by atoms with E-state index in [1.54, 1.807) is 0 Å². The number of aromatic nitrogens is 1. The molecule has 0 radical (unpaired) electrons. The summed E-state index contributed by atoms with van der Waals surface area (Å²) < 4.78 is 0. The minimum Gasteiger partial charge on any atom is -0.353 e. The van der Waals surface area contributed by atoms with Gasteiger partial charge in [-0.1, -0.05) is 6.92 Å². The highest BCUT2D eigenvalue weighted by Gasteiger charge is 2.09. The van der Waals surface area contributed by atoms with Gasteiger partial charge < -0.3 is 11.1 Å². The maximum absolute atomic E-state index is 11.6. The Bertz CT molecular complexity index is 338. The van der Waals surface area contributed by atoms with Crippen molar-refractivity contribution in [2.75, 3.05) is 6.54 Å². The number of hydrogen-bond acceptors (Lipinski definition) is 4. The van der Waals surface area contributed by atoms with Crippen LogP contribution in [-0.2, 0) is 17.6 Å². The second-order valence-corrected chi connectivity index (χ2v) is 4.77. The van der Waals surface area contributed by atoms with E-state index in [2.05, 4.69) is 10.3 Å². The third-order valence-electron chi connectivity index (χ3n) is 2.33. The van der Waals surface area contributed by atoms with Gasteiger partial charge in [0.2, 0.25) is 5.91 Å². The van der Waals surface area contributed by atoms with Crippen LogP contribution in [0.1, 0.15) is 31.0 Å². The van der Waals surface area contributed by atoms with Crippen molar-refractivity contribution in [3.63, 3.8) is 0 Å². The molecular weight excluding hydrogens is 222 g/mol. The van der Waals surface area contributed by atoms with Gasteiger partial charge in [0.15, 0.2) is 0 Å². The largest absolute Gasteiger partial charge is 0.353 e. The van der Waals surface area contributed by atoms with Crippen LogP contribution >= 0.6 is 11.3 Å². The lowest BCUT2D eigenvalue weighted by Crippen LogP contribution is -2.33. The number of amides is 1. The first kappa shape index (κ1) is 13.1. The van der Waals surface area contributed by atoms with E-state index in [-0.39, 0.29) is 11.9 Å². The van der Waals surface area contributed by atoms with Crippen LogP contribution in [0.4, 0.5) is 0 Å². The summed E-state index contributed by atoms with van der Waals surface area (Å²) in [4.78, 5) is 15.9. The number of hydrogen-bond donors (Lipinski definition) is 2. The molecule has 0 aliphatic rings. The maximum Gasteiger partial charge on any atom is 0.227 e. The quantitative estimate of drug-likeness (QED) is 0.783. The SMILES string of the molecule is CCC(C)NC(=O)Cc1nc(CCN)cs1. The van der Waals surface area contributed by atoms with Crippen molar-refractivity contribution in [2.24, 2.45) is 5.73 Å². The van der Waals surface area contributed by atoms with Crippen LogP contribution < -0.4 is 11.1 Å². The molecule has 5 heteroatoms. The lowest BCUT2D eigenvalue weighted by atomic mass is 10.2. The maximum atomic E-state index is 11.6. The summed E-state index contributed by atoms with van der Waals surface area (Å²) in [6, 6.07) is 0.232. The van der Waals surface area contributed by atoms with Crippen molar-refractivity contribution in [1.82, 2.24) is 10.3 Å². The molecule has 0 aliphatic heterocycles. The summed E-state index contributed by atoms with van der Waals surface area (Å²) >= 11 is 1.53. The average Bonchev–Trinajstić information content (AvgIpc) is 2.65. The summed E-state index contributed by atoms with van der Waals surface area (Å²) in [5, 5.41) is 5.76. The number of nitrogens with two attached hydrogens (primary N) is 1. The summed E-state index contributed by atoms with van der Waals surface area (Å²) in [7, 11) is 0. The highest BCUT2D eigenvalue weighted by Crippen LogP contribution is 2.10. The number of carbonyl (C=O) groups excluding carboxylic acids is 1. The number of carbonyl (C=O) groups is 1. The Morgan fingerprint density at radius 3 is 3.06 bits per heavy atom. The Hall–Kier alpha value is -0.940. The average molecular weight is 241 g/mol. The zero-order valence-electron chi connectivity index (χ0n) is 9.82. The Kier molecular flexibility index (Phi) is 5.42. The smallest absolute Gasteiger partial charge is 0.227 e. The fourth-order valence-electron chi connectivity index (χ4n) is 1.26. The number of rotatable bonds is 6. The molecule has 0 aromatic carbocycles. The first-order valence-electron chi connectivity index (χ1n) is 5.58. The second kappa shape index (κ2) is 6.60. The molecule has 16 heavy (non-hydrogen) atoms. The third kappa shape index (κ3) is 4.28. The van der Waals surface area contributed by atoms with E-state index in [1.807, 2.05) is 19.2 Å². The highest BCUT2D eigenvalue weighted by molar-refractivity contribution is 7.09. The van der Waals surface area contributed by atoms with Crippen LogP contribution in [0.25, 0.3) is 0 Å². The van der Waals surface area contributed by atoms with E-state index in [1.165, 1.54) is 11.3 Å². The van der Waals surface area contributed by atoms with Gasteiger partial charge in [-0.3, -0.25) is 4.79 Å². The molecule has 0 fully saturated rings. The zero-order valence-corrected chi connectivity index (χ0v) is 10.6. The number of nitrogens with one attached hydrogen (secondary N) is 1. The van der Waals surface area contributed by atoms with E-state index >= 15 is 0 Å². The molecule has 1 rings (SSSR count). The van der Waals surface area contributed by atoms with Gasteiger partial charge in [0.05, 0.1) is 12.1 Å². The predicted octanol–water partition coefficient (Wildman–Crippen LogP) is 1.10. The lowest BCUT2D eigenvalue weighted by molar-refractivity contribution is -0.121. The van der Waals surface area contributed by atoms with Crippen LogP contribution in [0.5, 0.6) is 0 Å². The molecule has 1 amide bonds. The van der Waals surface area contributed by atoms with Gasteiger partial charge in [-0.05, 0) is 19.9 Å². The van der Waals surface area contributed by atoms with Gasteiger partial charge in [0, 0.05) is 17.8 Å². The molecule has 3 N–H and O–H groups in total. The molecular formula is C11H19N3OS. The second-order valence-electron chi connectivity index (χ2n) is 3.82. The van der Waals surface area contributed by atoms with Crippen LogP contribution in [0.3, 0.4) is 0 Å². The van der Waals surface area contributed by atoms with Crippen molar-refractivity contribution in [1.29, 1.82) is 0 Å². The van der Waals surface area contributed by atoms with Crippen molar-refractivity contribution in [3.05, 3.63) is 16.1 Å². The summed E-state index contributed by atoms with van der Waals surface area (Å²) in [6.07, 6.45) is 2.10. The molecule has 0 saturated carbocycles. The van der Waals surface area contributed by atoms with E-state index in [9.17, 15) is 4.79 Å². The molecule has 90 valence electrons. The van der Waals surface area contributed by atoms with Gasteiger partial charge in [-0.25, -0.2) is 4.98 Å². The molecule has 4 nitrogen and oxygen atoms in total. The van der Waals surface area contributed by atoms with Crippen molar-refractivity contribution in [3.8, 4) is 0 Å². The topological polar surface area (TPSA) is 68.0 Å². The number of thiazole rings is 1. The normalized spacial score (nSPS) is 12.4. The summed E-state index contributed by atoms with van der Waals surface area (Å²) in [5.41, 5.74) is 6.43. The molecule has 1 heterocycles. The lowest BCUT2D eigenvalue weighted by Gasteiger charge is -2.09. The molecule has 1 unspecified atom stereocenters. The first-order valence-corrected chi connectivity index (χ1v) is 6.46. The first-order chi connectivity index (χ1) is 7.65. The van der Waals surface area contributed by atoms with Crippen LogP contribution in [0, 0.1) is 0 Å². The van der Waals surface area contributed by atoms with Crippen LogP contribution in [0.15, 0.2) is 5.38 Å². The van der Waals surface area contributed by atoms with Crippen LogP contribution in [-0.4, -0.2) is 23.5 Å². The molecule has 0 saturated heterocycles. The highest BCUT2D eigenvalue weighted by atomic mass is 32.1. The van der Waals surface area contributed by atoms with Crippen LogP contribution in [0.2, 0.25) is 0 Å². The molecule has 0 spiro atoms. The number of nitrogens with zero attached hydrogens (tertiary/aromatic N) is 1. The fraction of sp³-hybridized carbons (Fsp3) is 0.636. The monoisotopic (exact) mass is 241 g/mol. The van der Waals surface area contributed by atoms with E-state index in [0.29, 0.717) is 13.0 Å². The van der Waals surface area contributed by atoms with E-state index < -0.39 is 0 Å². The Balaban J connectivity index is 2.43. The van der Waals surface area contributed by atoms with E-state index in [4.69, 9.17) is 5.73 Å². The minimum atomic E-state index is 0.0444. The molecule has 1 aromatic rings. The summed E-state index contributed by atoms with van der Waals surface area (Å²) in [6.45, 7) is 4.65. The van der Waals surface area contributed by atoms with Crippen molar-refractivity contribution in [2.45, 2.75) is 39.2 Å². The zero-order chi connectivity index (χ0) is 12.0. The van der Waals surface area contributed by atoms with Gasteiger partial charge in [-0.15, -0.1) is 11.3 Å². The Labute approximate surface area is 100 Å². The van der Waals surface area contributed by atoms with Crippen molar-refractivity contribution < 1.29 is 4.79 Å². The Morgan fingerprint density at radius 2 is 2.44 bits per heavy atom. The van der Waals surface area contributed by atoms with Crippen molar-refractivity contribution >= 4 is 17.2 Å². The molecule has 1 aromatic heterocycles. The summed E-state index contributed by atoms with van der Waals surface area (Å²) in [5.74, 6) is 0.0444. The third-order valence-corrected chi connectivity index (χ3v) is 3.23. The standard InChI is InChI=1S/C11H19N3OS/c1-3-8(2)13-10(15)6-11-14-9(4-5-12)7-16-11/h7-8H,3-6,12H2,1-2H3,(H,13,15). The molecule has 1 atom stereocenters. The van der Waals surface area contributed by atoms with Gasteiger partial charge >= 0.3 is 0 Å². The minimum absolute atomic E-state index is 0.0444. The molecule has 0 bridgehead atoms.